The fourth-order valence-corrected chi connectivity index (χ4v) is 5.51. The Morgan fingerprint density at radius 1 is 1.12 bits per heavy atom. The number of halogens is 2. The van der Waals surface area contributed by atoms with Crippen LogP contribution in [0, 0.1) is 11.8 Å². The molecule has 3 heterocycles. The maximum absolute atomic E-state index is 9.77. The van der Waals surface area contributed by atoms with Crippen LogP contribution in [0.3, 0.4) is 0 Å². The van der Waals surface area contributed by atoms with Crippen molar-refractivity contribution in [1.82, 2.24) is 10.3 Å². The van der Waals surface area contributed by atoms with E-state index in [1.165, 1.54) is 0 Å². The summed E-state index contributed by atoms with van der Waals surface area (Å²) in [4.78, 5) is 9.04. The lowest BCUT2D eigenvalue weighted by atomic mass is 9.84. The van der Waals surface area contributed by atoms with E-state index in [2.05, 4.69) is 27.5 Å². The predicted molar refractivity (Wildman–Crippen MR) is 132 cm³/mol. The topological polar surface area (TPSA) is 78.8 Å². The van der Waals surface area contributed by atoms with Gasteiger partial charge < -0.3 is 20.5 Å². The summed E-state index contributed by atoms with van der Waals surface area (Å²) < 4.78 is 5.49. The van der Waals surface area contributed by atoms with Crippen molar-refractivity contribution in [1.29, 1.82) is 0 Å². The predicted octanol–water partition coefficient (Wildman–Crippen LogP) is 4.85. The summed E-state index contributed by atoms with van der Waals surface area (Å²) in [5.41, 5.74) is 2.05. The van der Waals surface area contributed by atoms with Gasteiger partial charge in [-0.25, -0.2) is 9.98 Å². The quantitative estimate of drug-likeness (QED) is 0.519. The van der Waals surface area contributed by atoms with Gasteiger partial charge >= 0.3 is 0 Å². The number of hydrogen-bond acceptors (Lipinski definition) is 6. The minimum Gasteiger partial charge on any atom is -0.393 e. The van der Waals surface area contributed by atoms with E-state index < -0.39 is 0 Å². The van der Waals surface area contributed by atoms with Crippen molar-refractivity contribution in [3.63, 3.8) is 0 Å². The fraction of sp³-hybridized carbons (Fsp3) is 0.667. The highest BCUT2D eigenvalue weighted by Crippen LogP contribution is 2.37. The van der Waals surface area contributed by atoms with Crippen LogP contribution in [-0.2, 0) is 4.74 Å². The summed E-state index contributed by atoms with van der Waals surface area (Å²) in [5, 5.41) is 18.2. The van der Waals surface area contributed by atoms with Gasteiger partial charge in [0, 0.05) is 43.1 Å². The second kappa shape index (κ2) is 11.3. The van der Waals surface area contributed by atoms with E-state index in [-0.39, 0.29) is 18.1 Å². The molecular formula is C24H34Cl2N4O2. The molecule has 32 heavy (non-hydrogen) atoms. The Balaban J connectivity index is 1.49. The Labute approximate surface area is 200 Å². The molecule has 0 spiro atoms. The van der Waals surface area contributed by atoms with Crippen LogP contribution >= 0.6 is 23.2 Å². The van der Waals surface area contributed by atoms with Gasteiger partial charge in [0.15, 0.2) is 0 Å². The van der Waals surface area contributed by atoms with E-state index in [0.29, 0.717) is 22.2 Å². The van der Waals surface area contributed by atoms with E-state index in [0.717, 1.165) is 81.7 Å². The van der Waals surface area contributed by atoms with Crippen LogP contribution in [0.2, 0.25) is 5.02 Å². The summed E-state index contributed by atoms with van der Waals surface area (Å²) in [6.45, 7) is 4.76. The number of pyridine rings is 1. The molecule has 176 valence electrons. The minimum atomic E-state index is -0.173. The van der Waals surface area contributed by atoms with Gasteiger partial charge in [0.2, 0.25) is 0 Å². The molecule has 8 heteroatoms. The first-order chi connectivity index (χ1) is 15.5. The first kappa shape index (κ1) is 24.0. The number of aliphatic hydroxyl groups excluding tert-OH is 1. The lowest BCUT2D eigenvalue weighted by molar-refractivity contribution is 0.0657. The third-order valence-electron chi connectivity index (χ3n) is 7.01. The lowest BCUT2D eigenvalue weighted by Gasteiger charge is -2.33. The van der Waals surface area contributed by atoms with Crippen molar-refractivity contribution in [2.75, 3.05) is 25.1 Å². The molecule has 0 aromatic carbocycles. The molecule has 1 aromatic rings. The van der Waals surface area contributed by atoms with Crippen LogP contribution in [0.25, 0.3) is 5.57 Å². The molecule has 2 aliphatic heterocycles. The fourth-order valence-electron chi connectivity index (χ4n) is 5.02. The molecular weight excluding hydrogens is 447 g/mol. The van der Waals surface area contributed by atoms with Gasteiger partial charge in [-0.3, -0.25) is 0 Å². The number of nitrogens with one attached hydrogen (secondary N) is 2. The highest BCUT2D eigenvalue weighted by molar-refractivity contribution is 6.67. The van der Waals surface area contributed by atoms with E-state index in [1.807, 2.05) is 12.3 Å². The zero-order chi connectivity index (χ0) is 22.5. The molecule has 2 atom stereocenters. The Morgan fingerprint density at radius 3 is 2.59 bits per heavy atom. The molecule has 6 nitrogen and oxygen atoms in total. The number of anilines is 1. The van der Waals surface area contributed by atoms with E-state index in [9.17, 15) is 5.11 Å². The second-order valence-corrected chi connectivity index (χ2v) is 9.99. The van der Waals surface area contributed by atoms with E-state index in [1.54, 1.807) is 6.20 Å². The number of aromatic nitrogens is 1. The normalized spacial score (nSPS) is 29.4. The number of rotatable bonds is 7. The lowest BCUT2D eigenvalue weighted by Crippen LogP contribution is -2.45. The first-order valence-electron chi connectivity index (χ1n) is 11.9. The standard InChI is InChI=1S/C24H34Cl2N4O2/c1-2-18-20(13-29-24(26)23(18)28-12-15-7-9-32-10-8-15)19-11-22(27-14-21(19)25)30-16-3-5-17(31)6-4-16/h11,13-18,23,28,31H,2-10,12H2,1H3,(H,27,30). The Kier molecular flexibility index (Phi) is 8.46. The van der Waals surface area contributed by atoms with Crippen LogP contribution < -0.4 is 10.6 Å². The Bertz CT molecular complexity index is 833. The maximum atomic E-state index is 9.77. The van der Waals surface area contributed by atoms with E-state index >= 15 is 0 Å². The smallest absolute Gasteiger partial charge is 0.126 e. The van der Waals surface area contributed by atoms with Gasteiger partial charge in [-0.15, -0.1) is 0 Å². The molecule has 2 fully saturated rings. The summed E-state index contributed by atoms with van der Waals surface area (Å²) in [5.74, 6) is 1.60. The Morgan fingerprint density at radius 2 is 1.88 bits per heavy atom. The summed E-state index contributed by atoms with van der Waals surface area (Å²) in [6.07, 6.45) is 10.0. The van der Waals surface area contributed by atoms with Gasteiger partial charge in [0.1, 0.15) is 11.0 Å². The minimum absolute atomic E-state index is 0.0232. The first-order valence-corrected chi connectivity index (χ1v) is 12.7. The zero-order valence-electron chi connectivity index (χ0n) is 18.7. The average Bonchev–Trinajstić information content (AvgIpc) is 2.81. The monoisotopic (exact) mass is 480 g/mol. The van der Waals surface area contributed by atoms with Crippen molar-refractivity contribution in [3.05, 3.63) is 29.0 Å². The number of ether oxygens (including phenoxy) is 1. The molecule has 1 saturated heterocycles. The van der Waals surface area contributed by atoms with E-state index in [4.69, 9.17) is 27.9 Å². The largest absolute Gasteiger partial charge is 0.393 e. The van der Waals surface area contributed by atoms with Gasteiger partial charge in [-0.1, -0.05) is 30.1 Å². The molecule has 0 amide bonds. The maximum Gasteiger partial charge on any atom is 0.126 e. The Hall–Kier alpha value is -1.18. The SMILES string of the molecule is CCC1C(c2cc(NC3CCC(O)CC3)ncc2Cl)=CN=C(Cl)C1NCC1CCOCC1. The molecule has 4 rings (SSSR count). The van der Waals surface area contributed by atoms with Crippen molar-refractivity contribution in [2.45, 2.75) is 70.1 Å². The molecule has 2 unspecified atom stereocenters. The number of nitrogens with zero attached hydrogens (tertiary/aromatic N) is 2. The molecule has 1 aromatic heterocycles. The summed E-state index contributed by atoms with van der Waals surface area (Å²) in [6, 6.07) is 2.33. The van der Waals surface area contributed by atoms with Gasteiger partial charge in [0.25, 0.3) is 0 Å². The highest BCUT2D eigenvalue weighted by atomic mass is 35.5. The van der Waals surface area contributed by atoms with Crippen LogP contribution in [0.15, 0.2) is 23.5 Å². The molecule has 3 N–H and O–H groups in total. The van der Waals surface area contributed by atoms with Gasteiger partial charge in [-0.05, 0) is 69.0 Å². The second-order valence-electron chi connectivity index (χ2n) is 9.19. The van der Waals surface area contributed by atoms with Crippen molar-refractivity contribution in [2.24, 2.45) is 16.8 Å². The third-order valence-corrected chi connectivity index (χ3v) is 7.64. The zero-order valence-corrected chi connectivity index (χ0v) is 20.2. The molecule has 1 aliphatic carbocycles. The van der Waals surface area contributed by atoms with Crippen molar-refractivity contribution < 1.29 is 9.84 Å². The molecule has 1 saturated carbocycles. The van der Waals surface area contributed by atoms with Crippen molar-refractivity contribution in [3.8, 4) is 0 Å². The van der Waals surface area contributed by atoms with Crippen LogP contribution in [-0.4, -0.2) is 53.2 Å². The third kappa shape index (κ3) is 5.84. The summed E-state index contributed by atoms with van der Waals surface area (Å²) in [7, 11) is 0. The highest BCUT2D eigenvalue weighted by Gasteiger charge is 2.32. The van der Waals surface area contributed by atoms with Crippen LogP contribution in [0.4, 0.5) is 5.82 Å². The van der Waals surface area contributed by atoms with Crippen LogP contribution in [0.5, 0.6) is 0 Å². The average molecular weight is 481 g/mol. The number of aliphatic hydroxyl groups is 1. The molecule has 0 bridgehead atoms. The van der Waals surface area contributed by atoms with Crippen LogP contribution in [0.1, 0.15) is 57.4 Å². The summed E-state index contributed by atoms with van der Waals surface area (Å²) >= 11 is 13.2. The number of hydrogen-bond donors (Lipinski definition) is 3. The van der Waals surface area contributed by atoms with Gasteiger partial charge in [-0.2, -0.15) is 0 Å². The number of aliphatic imine (C=N–C) groups is 1. The van der Waals surface area contributed by atoms with Crippen molar-refractivity contribution >= 4 is 39.8 Å². The van der Waals surface area contributed by atoms with Gasteiger partial charge in [0.05, 0.1) is 17.2 Å². The molecule has 3 aliphatic rings. The molecule has 0 radical (unpaired) electrons.